The van der Waals surface area contributed by atoms with Gasteiger partial charge in [-0.25, -0.2) is 4.98 Å². The molecule has 0 radical (unpaired) electrons. The molecular formula is C16H16N4OS. The first-order valence-corrected chi connectivity index (χ1v) is 7.90. The van der Waals surface area contributed by atoms with E-state index in [1.807, 2.05) is 47.9 Å². The molecule has 0 fully saturated rings. The minimum absolute atomic E-state index is 0.639. The summed E-state index contributed by atoms with van der Waals surface area (Å²) in [6, 6.07) is 9.86. The van der Waals surface area contributed by atoms with Crippen molar-refractivity contribution in [2.75, 3.05) is 0 Å². The Bertz CT molecular complexity index is 764. The highest BCUT2D eigenvalue weighted by Gasteiger charge is 2.11. The lowest BCUT2D eigenvalue weighted by Gasteiger charge is -2.03. The minimum Gasteiger partial charge on any atom is -0.444 e. The molecule has 0 saturated heterocycles. The summed E-state index contributed by atoms with van der Waals surface area (Å²) in [6.45, 7) is 6.40. The number of hydrogen-bond acceptors (Lipinski definition) is 5. The first-order chi connectivity index (χ1) is 10.8. The molecule has 0 saturated carbocycles. The number of hydrogen-bond donors (Lipinski definition) is 0. The van der Waals surface area contributed by atoms with Gasteiger partial charge in [0.2, 0.25) is 5.89 Å². The van der Waals surface area contributed by atoms with Crippen LogP contribution in [0.15, 0.2) is 58.8 Å². The van der Waals surface area contributed by atoms with Crippen LogP contribution in [0.2, 0.25) is 0 Å². The SMILES string of the molecule is C=CCn1c(C)nnc1SCc1coc(-c2ccccc2)n1. The van der Waals surface area contributed by atoms with Crippen LogP contribution in [0, 0.1) is 6.92 Å². The Morgan fingerprint density at radius 3 is 2.86 bits per heavy atom. The molecule has 0 N–H and O–H groups in total. The van der Waals surface area contributed by atoms with Gasteiger partial charge in [-0.1, -0.05) is 36.0 Å². The summed E-state index contributed by atoms with van der Waals surface area (Å²) in [4.78, 5) is 4.51. The molecule has 0 aliphatic rings. The quantitative estimate of drug-likeness (QED) is 0.513. The van der Waals surface area contributed by atoms with Gasteiger partial charge in [0.15, 0.2) is 5.16 Å². The van der Waals surface area contributed by atoms with Crippen molar-refractivity contribution in [2.45, 2.75) is 24.4 Å². The fourth-order valence-electron chi connectivity index (χ4n) is 2.03. The molecule has 3 aromatic rings. The first kappa shape index (κ1) is 14.6. The van der Waals surface area contributed by atoms with Gasteiger partial charge in [0.05, 0.1) is 5.69 Å². The Morgan fingerprint density at radius 1 is 1.27 bits per heavy atom. The summed E-state index contributed by atoms with van der Waals surface area (Å²) >= 11 is 1.59. The van der Waals surface area contributed by atoms with E-state index < -0.39 is 0 Å². The van der Waals surface area contributed by atoms with E-state index in [-0.39, 0.29) is 0 Å². The van der Waals surface area contributed by atoms with Gasteiger partial charge in [0.25, 0.3) is 0 Å². The van der Waals surface area contributed by atoms with Crippen molar-refractivity contribution < 1.29 is 4.42 Å². The summed E-state index contributed by atoms with van der Waals surface area (Å²) in [5.41, 5.74) is 1.86. The number of aryl methyl sites for hydroxylation is 1. The molecule has 3 rings (SSSR count). The van der Waals surface area contributed by atoms with Gasteiger partial charge in [0, 0.05) is 17.9 Å². The van der Waals surface area contributed by atoms with E-state index in [2.05, 4.69) is 21.8 Å². The average Bonchev–Trinajstić information content (AvgIpc) is 3.15. The van der Waals surface area contributed by atoms with Crippen LogP contribution < -0.4 is 0 Å². The van der Waals surface area contributed by atoms with Crippen molar-refractivity contribution in [3.63, 3.8) is 0 Å². The van der Waals surface area contributed by atoms with E-state index in [9.17, 15) is 0 Å². The predicted molar refractivity (Wildman–Crippen MR) is 86.5 cm³/mol. The van der Waals surface area contributed by atoms with E-state index in [1.54, 1.807) is 18.0 Å². The number of aromatic nitrogens is 4. The van der Waals surface area contributed by atoms with Crippen molar-refractivity contribution >= 4 is 11.8 Å². The van der Waals surface area contributed by atoms with Crippen LogP contribution in [0.25, 0.3) is 11.5 Å². The van der Waals surface area contributed by atoms with Crippen LogP contribution in [0.5, 0.6) is 0 Å². The van der Waals surface area contributed by atoms with E-state index in [0.29, 0.717) is 18.2 Å². The van der Waals surface area contributed by atoms with E-state index >= 15 is 0 Å². The summed E-state index contributed by atoms with van der Waals surface area (Å²) < 4.78 is 7.56. The van der Waals surface area contributed by atoms with E-state index in [4.69, 9.17) is 4.42 Å². The Hall–Kier alpha value is -2.34. The van der Waals surface area contributed by atoms with Gasteiger partial charge in [-0.15, -0.1) is 16.8 Å². The van der Waals surface area contributed by atoms with Gasteiger partial charge >= 0.3 is 0 Å². The zero-order chi connectivity index (χ0) is 15.4. The lowest BCUT2D eigenvalue weighted by Crippen LogP contribution is -2.00. The smallest absolute Gasteiger partial charge is 0.226 e. The summed E-state index contributed by atoms with van der Waals surface area (Å²) in [6.07, 6.45) is 3.53. The zero-order valence-electron chi connectivity index (χ0n) is 12.3. The van der Waals surface area contributed by atoms with Gasteiger partial charge in [-0.3, -0.25) is 0 Å². The molecule has 1 aromatic carbocycles. The molecule has 5 nitrogen and oxygen atoms in total. The predicted octanol–water partition coefficient (Wildman–Crippen LogP) is 3.72. The maximum atomic E-state index is 5.54. The van der Waals surface area contributed by atoms with E-state index in [0.717, 1.165) is 22.2 Å². The molecule has 2 heterocycles. The fraction of sp³-hybridized carbons (Fsp3) is 0.188. The van der Waals surface area contributed by atoms with Crippen molar-refractivity contribution in [1.82, 2.24) is 19.7 Å². The number of nitrogens with zero attached hydrogens (tertiary/aromatic N) is 4. The third-order valence-electron chi connectivity index (χ3n) is 3.14. The monoisotopic (exact) mass is 312 g/mol. The number of benzene rings is 1. The van der Waals surface area contributed by atoms with Crippen LogP contribution in [-0.4, -0.2) is 19.7 Å². The summed E-state index contributed by atoms with van der Waals surface area (Å²) in [7, 11) is 0. The van der Waals surface area contributed by atoms with Crippen molar-refractivity contribution in [1.29, 1.82) is 0 Å². The maximum Gasteiger partial charge on any atom is 0.226 e. The molecule has 0 atom stereocenters. The standard InChI is InChI=1S/C16H16N4OS/c1-3-9-20-12(2)18-19-16(20)22-11-14-10-21-15(17-14)13-7-5-4-6-8-13/h3-8,10H,1,9,11H2,2H3. The Labute approximate surface area is 133 Å². The Kier molecular flexibility index (Phi) is 4.39. The molecule has 0 bridgehead atoms. The zero-order valence-corrected chi connectivity index (χ0v) is 13.1. The van der Waals surface area contributed by atoms with Crippen LogP contribution >= 0.6 is 11.8 Å². The van der Waals surface area contributed by atoms with Gasteiger partial charge in [0.1, 0.15) is 12.1 Å². The van der Waals surface area contributed by atoms with Gasteiger partial charge in [-0.05, 0) is 19.1 Å². The highest BCUT2D eigenvalue weighted by Crippen LogP contribution is 2.24. The van der Waals surface area contributed by atoms with Gasteiger partial charge < -0.3 is 8.98 Å². The first-order valence-electron chi connectivity index (χ1n) is 6.91. The lowest BCUT2D eigenvalue weighted by atomic mass is 10.2. The van der Waals surface area contributed by atoms with Crippen molar-refractivity contribution in [2.24, 2.45) is 0 Å². The second-order valence-electron chi connectivity index (χ2n) is 4.73. The fourth-order valence-corrected chi connectivity index (χ4v) is 2.90. The van der Waals surface area contributed by atoms with Crippen LogP contribution in [0.3, 0.4) is 0 Å². The molecule has 0 amide bonds. The normalized spacial score (nSPS) is 10.8. The summed E-state index contributed by atoms with van der Waals surface area (Å²) in [5, 5.41) is 9.15. The number of rotatable bonds is 6. The largest absolute Gasteiger partial charge is 0.444 e. The van der Waals surface area contributed by atoms with Gasteiger partial charge in [-0.2, -0.15) is 0 Å². The second kappa shape index (κ2) is 6.62. The van der Waals surface area contributed by atoms with Crippen LogP contribution in [-0.2, 0) is 12.3 Å². The average molecular weight is 312 g/mol. The minimum atomic E-state index is 0.639. The third kappa shape index (κ3) is 3.12. The maximum absolute atomic E-state index is 5.54. The van der Waals surface area contributed by atoms with E-state index in [1.165, 1.54) is 0 Å². The molecule has 112 valence electrons. The molecule has 0 spiro atoms. The third-order valence-corrected chi connectivity index (χ3v) is 4.14. The van der Waals surface area contributed by atoms with Crippen LogP contribution in [0.4, 0.5) is 0 Å². The number of thioether (sulfide) groups is 1. The molecule has 0 aliphatic carbocycles. The second-order valence-corrected chi connectivity index (χ2v) is 5.67. The van der Waals surface area contributed by atoms with Crippen molar-refractivity contribution in [3.05, 3.63) is 60.8 Å². The summed E-state index contributed by atoms with van der Waals surface area (Å²) in [5.74, 6) is 2.21. The molecule has 0 aliphatic heterocycles. The number of allylic oxidation sites excluding steroid dienone is 1. The van der Waals surface area contributed by atoms with Crippen molar-refractivity contribution in [3.8, 4) is 11.5 Å². The molecule has 6 heteroatoms. The highest BCUT2D eigenvalue weighted by molar-refractivity contribution is 7.98. The highest BCUT2D eigenvalue weighted by atomic mass is 32.2. The lowest BCUT2D eigenvalue weighted by molar-refractivity contribution is 0.573. The number of oxazole rings is 1. The topological polar surface area (TPSA) is 56.7 Å². The Balaban J connectivity index is 1.70. The molecular weight excluding hydrogens is 296 g/mol. The van der Waals surface area contributed by atoms with Crippen LogP contribution in [0.1, 0.15) is 11.5 Å². The molecule has 22 heavy (non-hydrogen) atoms. The Morgan fingerprint density at radius 2 is 2.09 bits per heavy atom. The molecule has 2 aromatic heterocycles. The molecule has 0 unspecified atom stereocenters.